The Labute approximate surface area is 92.4 Å². The highest BCUT2D eigenvalue weighted by molar-refractivity contribution is 9.08. The van der Waals surface area contributed by atoms with Gasteiger partial charge in [-0.25, -0.2) is 13.8 Å². The monoisotopic (exact) mass is 283 g/mol. The maximum Gasteiger partial charge on any atom is 0.264 e. The van der Waals surface area contributed by atoms with Crippen LogP contribution in [0, 0.1) is 0 Å². The van der Waals surface area contributed by atoms with Crippen LogP contribution in [0.4, 0.5) is 8.78 Å². The SMILES string of the molecule is O=Cc1cc(C(F)F)c(CBr)c(Cl)n1. The molecule has 0 radical (unpaired) electrons. The summed E-state index contributed by atoms with van der Waals surface area (Å²) >= 11 is 8.65. The number of carbonyl (C=O) groups excluding carboxylic acids is 1. The molecule has 0 atom stereocenters. The van der Waals surface area contributed by atoms with Gasteiger partial charge in [0.1, 0.15) is 10.8 Å². The molecule has 0 aliphatic heterocycles. The molecule has 0 spiro atoms. The van der Waals surface area contributed by atoms with Gasteiger partial charge in [-0.1, -0.05) is 27.5 Å². The Morgan fingerprint density at radius 2 is 2.29 bits per heavy atom. The summed E-state index contributed by atoms with van der Waals surface area (Å²) in [5.41, 5.74) is -0.133. The highest BCUT2D eigenvalue weighted by atomic mass is 79.9. The zero-order valence-electron chi connectivity index (χ0n) is 6.81. The molecule has 0 N–H and O–H groups in total. The van der Waals surface area contributed by atoms with Crippen molar-refractivity contribution in [3.8, 4) is 0 Å². The van der Waals surface area contributed by atoms with Crippen LogP contribution in [0.3, 0.4) is 0 Å². The summed E-state index contributed by atoms with van der Waals surface area (Å²) < 4.78 is 25.0. The number of rotatable bonds is 3. The number of pyridine rings is 1. The third kappa shape index (κ3) is 2.27. The average Bonchev–Trinajstić information content (AvgIpc) is 2.16. The maximum atomic E-state index is 12.5. The number of hydrogen-bond donors (Lipinski definition) is 0. The van der Waals surface area contributed by atoms with Crippen LogP contribution in [0.5, 0.6) is 0 Å². The molecule has 0 unspecified atom stereocenters. The lowest BCUT2D eigenvalue weighted by molar-refractivity contribution is 0.111. The Bertz CT molecular complexity index is 359. The van der Waals surface area contributed by atoms with Crippen LogP contribution in [-0.4, -0.2) is 11.3 Å². The van der Waals surface area contributed by atoms with Crippen molar-refractivity contribution in [1.29, 1.82) is 0 Å². The van der Waals surface area contributed by atoms with Gasteiger partial charge in [-0.15, -0.1) is 0 Å². The number of aldehydes is 1. The van der Waals surface area contributed by atoms with Crippen LogP contribution in [-0.2, 0) is 5.33 Å². The van der Waals surface area contributed by atoms with Gasteiger partial charge >= 0.3 is 0 Å². The molecule has 0 saturated heterocycles. The second kappa shape index (κ2) is 4.79. The minimum absolute atomic E-state index is 0.0678. The van der Waals surface area contributed by atoms with E-state index in [0.29, 0.717) is 6.29 Å². The van der Waals surface area contributed by atoms with Crippen molar-refractivity contribution in [2.45, 2.75) is 11.8 Å². The topological polar surface area (TPSA) is 30.0 Å². The fourth-order valence-corrected chi connectivity index (χ4v) is 1.99. The predicted molar refractivity (Wildman–Crippen MR) is 52.2 cm³/mol. The van der Waals surface area contributed by atoms with Crippen LogP contribution in [0.1, 0.15) is 28.0 Å². The molecule has 1 heterocycles. The van der Waals surface area contributed by atoms with Gasteiger partial charge in [0.05, 0.1) is 0 Å². The van der Waals surface area contributed by atoms with Crippen LogP contribution in [0.25, 0.3) is 0 Å². The van der Waals surface area contributed by atoms with E-state index in [1.165, 1.54) is 0 Å². The van der Waals surface area contributed by atoms with Crippen molar-refractivity contribution in [2.24, 2.45) is 0 Å². The molecule has 0 bridgehead atoms. The van der Waals surface area contributed by atoms with Gasteiger partial charge in [0.15, 0.2) is 6.29 Å². The average molecular weight is 284 g/mol. The summed E-state index contributed by atoms with van der Waals surface area (Å²) in [6, 6.07) is 1.04. The van der Waals surface area contributed by atoms with Crippen LogP contribution >= 0.6 is 27.5 Å². The maximum absolute atomic E-state index is 12.5. The summed E-state index contributed by atoms with van der Waals surface area (Å²) in [6.07, 6.45) is -2.28. The van der Waals surface area contributed by atoms with Gasteiger partial charge < -0.3 is 0 Å². The van der Waals surface area contributed by atoms with Gasteiger partial charge in [-0.3, -0.25) is 4.79 Å². The van der Waals surface area contributed by atoms with Gasteiger partial charge in [0, 0.05) is 16.5 Å². The summed E-state index contributed by atoms with van der Waals surface area (Å²) in [6.45, 7) is 0. The smallest absolute Gasteiger partial charge is 0.264 e. The van der Waals surface area contributed by atoms with Gasteiger partial charge in [0.25, 0.3) is 6.43 Å². The number of hydrogen-bond acceptors (Lipinski definition) is 2. The van der Waals surface area contributed by atoms with Gasteiger partial charge in [-0.2, -0.15) is 0 Å². The first-order valence-corrected chi connectivity index (χ1v) is 5.08. The zero-order chi connectivity index (χ0) is 10.7. The summed E-state index contributed by atoms with van der Waals surface area (Å²) in [5, 5.41) is 0.110. The molecule has 0 aromatic carbocycles. The van der Waals surface area contributed by atoms with Crippen molar-refractivity contribution < 1.29 is 13.6 Å². The van der Waals surface area contributed by atoms with E-state index in [0.717, 1.165) is 6.07 Å². The highest BCUT2D eigenvalue weighted by Gasteiger charge is 2.17. The van der Waals surface area contributed by atoms with Crippen LogP contribution in [0.15, 0.2) is 6.07 Å². The summed E-state index contributed by atoms with van der Waals surface area (Å²) in [5.74, 6) is 0. The fourth-order valence-electron chi connectivity index (χ4n) is 0.966. The van der Waals surface area contributed by atoms with E-state index in [-0.39, 0.29) is 27.3 Å². The van der Waals surface area contributed by atoms with Crippen LogP contribution < -0.4 is 0 Å². The first-order valence-electron chi connectivity index (χ1n) is 3.58. The van der Waals surface area contributed by atoms with E-state index < -0.39 is 6.43 Å². The minimum atomic E-state index is -2.67. The van der Waals surface area contributed by atoms with E-state index in [4.69, 9.17) is 11.6 Å². The molecular formula is C8H5BrClF2NO. The van der Waals surface area contributed by atoms with Crippen molar-refractivity contribution in [2.75, 3.05) is 0 Å². The van der Waals surface area contributed by atoms with E-state index in [9.17, 15) is 13.6 Å². The van der Waals surface area contributed by atoms with Crippen molar-refractivity contribution in [3.05, 3.63) is 28.0 Å². The minimum Gasteiger partial charge on any atom is -0.296 e. The van der Waals surface area contributed by atoms with E-state index in [1.807, 2.05) is 0 Å². The van der Waals surface area contributed by atoms with Crippen LogP contribution in [0.2, 0.25) is 5.15 Å². The normalized spacial score (nSPS) is 10.6. The van der Waals surface area contributed by atoms with Crippen molar-refractivity contribution in [3.63, 3.8) is 0 Å². The lowest BCUT2D eigenvalue weighted by atomic mass is 10.1. The third-order valence-electron chi connectivity index (χ3n) is 1.62. The van der Waals surface area contributed by atoms with Gasteiger partial charge in [-0.05, 0) is 6.07 Å². The first kappa shape index (κ1) is 11.5. The Balaban J connectivity index is 3.35. The Morgan fingerprint density at radius 1 is 1.64 bits per heavy atom. The standard InChI is InChI=1S/C8H5BrClF2NO/c9-2-6-5(8(11)12)1-4(3-14)13-7(6)10/h1,3,8H,2H2. The molecule has 1 aromatic rings. The highest BCUT2D eigenvalue weighted by Crippen LogP contribution is 2.29. The van der Waals surface area contributed by atoms with Gasteiger partial charge in [0.2, 0.25) is 0 Å². The number of alkyl halides is 3. The molecule has 0 fully saturated rings. The molecule has 0 amide bonds. The number of carbonyl (C=O) groups is 1. The van der Waals surface area contributed by atoms with E-state index in [2.05, 4.69) is 20.9 Å². The molecule has 0 aliphatic carbocycles. The zero-order valence-corrected chi connectivity index (χ0v) is 9.15. The van der Waals surface area contributed by atoms with E-state index in [1.54, 1.807) is 0 Å². The molecule has 1 aromatic heterocycles. The molecule has 2 nitrogen and oxygen atoms in total. The molecule has 76 valence electrons. The largest absolute Gasteiger partial charge is 0.296 e. The molecule has 14 heavy (non-hydrogen) atoms. The second-order valence-corrected chi connectivity index (χ2v) is 3.38. The van der Waals surface area contributed by atoms with Crippen molar-refractivity contribution >= 4 is 33.8 Å². The molecule has 0 saturated carbocycles. The first-order chi connectivity index (χ1) is 6.60. The van der Waals surface area contributed by atoms with Crippen molar-refractivity contribution in [1.82, 2.24) is 4.98 Å². The molecule has 1 rings (SSSR count). The lowest BCUT2D eigenvalue weighted by Crippen LogP contribution is -1.99. The number of aromatic nitrogens is 1. The third-order valence-corrected chi connectivity index (χ3v) is 2.49. The molecule has 6 heteroatoms. The van der Waals surface area contributed by atoms with E-state index >= 15 is 0 Å². The Morgan fingerprint density at radius 3 is 2.71 bits per heavy atom. The Hall–Kier alpha value is -0.550. The Kier molecular flexibility index (Phi) is 3.95. The second-order valence-electron chi connectivity index (χ2n) is 2.46. The quantitative estimate of drug-likeness (QED) is 0.484. The predicted octanol–water partition coefficient (Wildman–Crippen LogP) is 3.38. The number of nitrogens with zero attached hydrogens (tertiary/aromatic N) is 1. The molecular weight excluding hydrogens is 279 g/mol. The number of halogens is 4. The summed E-state index contributed by atoms with van der Waals surface area (Å²) in [7, 11) is 0. The molecule has 0 aliphatic rings. The fraction of sp³-hybridized carbons (Fsp3) is 0.250. The lowest BCUT2D eigenvalue weighted by Gasteiger charge is -2.08. The summed E-state index contributed by atoms with van der Waals surface area (Å²) in [4.78, 5) is 14.0.